The van der Waals surface area contributed by atoms with Gasteiger partial charge in [-0.15, -0.1) is 0 Å². The summed E-state index contributed by atoms with van der Waals surface area (Å²) in [6.45, 7) is 3.86. The van der Waals surface area contributed by atoms with Crippen LogP contribution in [-0.2, 0) is 4.79 Å². The fourth-order valence-corrected chi connectivity index (χ4v) is 2.07. The van der Waals surface area contributed by atoms with E-state index in [-0.39, 0.29) is 17.9 Å². The lowest BCUT2D eigenvalue weighted by atomic mass is 9.67. The Morgan fingerprint density at radius 2 is 2.15 bits per heavy atom. The normalized spacial score (nSPS) is 20.8. The molecule has 13 heavy (non-hydrogen) atoms. The van der Waals surface area contributed by atoms with Gasteiger partial charge in [0.05, 0.1) is 6.42 Å². The van der Waals surface area contributed by atoms with E-state index in [1.54, 1.807) is 0 Å². The second-order valence-corrected chi connectivity index (χ2v) is 4.72. The molecule has 1 rings (SSSR count). The lowest BCUT2D eigenvalue weighted by Crippen LogP contribution is -2.47. The maximum atomic E-state index is 10.6. The highest BCUT2D eigenvalue weighted by molar-refractivity contribution is 5.67. The molecule has 0 heterocycles. The van der Waals surface area contributed by atoms with Crippen molar-refractivity contribution in [1.29, 1.82) is 0 Å². The summed E-state index contributed by atoms with van der Waals surface area (Å²) in [7, 11) is 0. The average Bonchev–Trinajstić information content (AvgIpc) is 1.78. The molecule has 0 aromatic carbocycles. The van der Waals surface area contributed by atoms with Gasteiger partial charge in [0.1, 0.15) is 0 Å². The van der Waals surface area contributed by atoms with Crippen molar-refractivity contribution in [2.45, 2.75) is 45.1 Å². The van der Waals surface area contributed by atoms with Crippen molar-refractivity contribution in [3.8, 4) is 0 Å². The van der Waals surface area contributed by atoms with Gasteiger partial charge in [0.25, 0.3) is 0 Å². The Kier molecular flexibility index (Phi) is 2.96. The first-order valence-corrected chi connectivity index (χ1v) is 4.92. The van der Waals surface area contributed by atoms with Crippen molar-refractivity contribution < 1.29 is 9.90 Å². The zero-order valence-corrected chi connectivity index (χ0v) is 8.42. The quantitative estimate of drug-likeness (QED) is 0.699. The Morgan fingerprint density at radius 3 is 2.38 bits per heavy atom. The number of hydrogen-bond acceptors (Lipinski definition) is 2. The van der Waals surface area contributed by atoms with Gasteiger partial charge in [0.15, 0.2) is 0 Å². The first-order chi connectivity index (χ1) is 5.91. The predicted octanol–water partition coefficient (Wildman–Crippen LogP) is 1.61. The second kappa shape index (κ2) is 3.66. The van der Waals surface area contributed by atoms with Gasteiger partial charge < -0.3 is 10.8 Å². The van der Waals surface area contributed by atoms with Crippen LogP contribution in [0.1, 0.15) is 39.5 Å². The van der Waals surface area contributed by atoms with Crippen molar-refractivity contribution >= 4 is 5.97 Å². The maximum absolute atomic E-state index is 10.6. The van der Waals surface area contributed by atoms with Gasteiger partial charge in [-0.2, -0.15) is 0 Å². The van der Waals surface area contributed by atoms with Crippen LogP contribution in [0.5, 0.6) is 0 Å². The molecule has 0 spiro atoms. The molecule has 1 aliphatic carbocycles. The summed E-state index contributed by atoms with van der Waals surface area (Å²) in [4.78, 5) is 10.6. The monoisotopic (exact) mass is 185 g/mol. The number of carboxylic acids is 1. The summed E-state index contributed by atoms with van der Waals surface area (Å²) in [5.41, 5.74) is 5.62. The molecular formula is C10H19NO2. The number of carbonyl (C=O) groups is 1. The molecule has 0 aromatic rings. The van der Waals surface area contributed by atoms with Crippen LogP contribution >= 0.6 is 0 Å². The van der Waals surface area contributed by atoms with E-state index in [2.05, 4.69) is 0 Å². The van der Waals surface area contributed by atoms with Crippen molar-refractivity contribution in [3.63, 3.8) is 0 Å². The molecule has 0 amide bonds. The minimum absolute atomic E-state index is 0.138. The molecule has 1 saturated carbocycles. The van der Waals surface area contributed by atoms with Gasteiger partial charge in [0, 0.05) is 5.54 Å². The van der Waals surface area contributed by atoms with Gasteiger partial charge in [-0.3, -0.25) is 4.79 Å². The highest BCUT2D eigenvalue weighted by Gasteiger charge is 2.37. The molecule has 0 bridgehead atoms. The minimum Gasteiger partial charge on any atom is -0.481 e. The van der Waals surface area contributed by atoms with E-state index in [1.165, 1.54) is 6.42 Å². The Hall–Kier alpha value is -0.570. The molecule has 0 saturated heterocycles. The number of aliphatic carboxylic acids is 1. The molecule has 1 atom stereocenters. The van der Waals surface area contributed by atoms with E-state index < -0.39 is 5.97 Å². The predicted molar refractivity (Wildman–Crippen MR) is 51.4 cm³/mol. The van der Waals surface area contributed by atoms with Crippen molar-refractivity contribution in [2.24, 2.45) is 17.6 Å². The molecular weight excluding hydrogens is 166 g/mol. The second-order valence-electron chi connectivity index (χ2n) is 4.72. The molecule has 3 N–H and O–H groups in total. The Bertz CT molecular complexity index is 192. The largest absolute Gasteiger partial charge is 0.481 e. The summed E-state index contributed by atoms with van der Waals surface area (Å²) < 4.78 is 0. The van der Waals surface area contributed by atoms with Crippen molar-refractivity contribution in [1.82, 2.24) is 0 Å². The summed E-state index contributed by atoms with van der Waals surface area (Å²) in [5, 5.41) is 8.76. The number of rotatable bonds is 4. The lowest BCUT2D eigenvalue weighted by molar-refractivity contribution is -0.139. The topological polar surface area (TPSA) is 63.3 Å². The van der Waals surface area contributed by atoms with E-state index in [9.17, 15) is 4.79 Å². The average molecular weight is 185 g/mol. The SMILES string of the molecule is CC(C)(N)C(CC(=O)O)C1CCC1. The molecule has 1 unspecified atom stereocenters. The molecule has 0 radical (unpaired) electrons. The summed E-state index contributed by atoms with van der Waals surface area (Å²) in [5.74, 6) is -0.0507. The van der Waals surface area contributed by atoms with Crippen LogP contribution < -0.4 is 5.73 Å². The van der Waals surface area contributed by atoms with E-state index >= 15 is 0 Å². The molecule has 3 nitrogen and oxygen atoms in total. The molecule has 0 aromatic heterocycles. The van der Waals surface area contributed by atoms with Crippen LogP contribution in [0.4, 0.5) is 0 Å². The number of hydrogen-bond donors (Lipinski definition) is 2. The Morgan fingerprint density at radius 1 is 1.62 bits per heavy atom. The van der Waals surface area contributed by atoms with Gasteiger partial charge >= 0.3 is 5.97 Å². The lowest BCUT2D eigenvalue weighted by Gasteiger charge is -2.40. The highest BCUT2D eigenvalue weighted by atomic mass is 16.4. The van der Waals surface area contributed by atoms with Crippen LogP contribution in [0.15, 0.2) is 0 Å². The van der Waals surface area contributed by atoms with E-state index in [4.69, 9.17) is 10.8 Å². The fourth-order valence-electron chi connectivity index (χ4n) is 2.07. The molecule has 76 valence electrons. The number of carboxylic acid groups (broad SMARTS) is 1. The summed E-state index contributed by atoms with van der Waals surface area (Å²) in [6.07, 6.45) is 3.75. The zero-order chi connectivity index (χ0) is 10.1. The van der Waals surface area contributed by atoms with Crippen LogP contribution in [-0.4, -0.2) is 16.6 Å². The van der Waals surface area contributed by atoms with Crippen LogP contribution in [0.25, 0.3) is 0 Å². The van der Waals surface area contributed by atoms with Crippen LogP contribution in [0.3, 0.4) is 0 Å². The number of nitrogens with two attached hydrogens (primary N) is 1. The zero-order valence-electron chi connectivity index (χ0n) is 8.42. The van der Waals surface area contributed by atoms with E-state index in [1.807, 2.05) is 13.8 Å². The fraction of sp³-hybridized carbons (Fsp3) is 0.900. The molecule has 1 aliphatic rings. The smallest absolute Gasteiger partial charge is 0.303 e. The maximum Gasteiger partial charge on any atom is 0.303 e. The van der Waals surface area contributed by atoms with Gasteiger partial charge in [-0.1, -0.05) is 19.3 Å². The first kappa shape index (κ1) is 10.5. The third-order valence-corrected chi connectivity index (χ3v) is 3.07. The summed E-state index contributed by atoms with van der Waals surface area (Å²) >= 11 is 0. The minimum atomic E-state index is -0.726. The van der Waals surface area contributed by atoms with Gasteiger partial charge in [0.2, 0.25) is 0 Å². The van der Waals surface area contributed by atoms with Gasteiger partial charge in [-0.05, 0) is 25.7 Å². The molecule has 3 heteroatoms. The highest BCUT2D eigenvalue weighted by Crippen LogP contribution is 2.39. The third-order valence-electron chi connectivity index (χ3n) is 3.07. The molecule has 0 aliphatic heterocycles. The first-order valence-electron chi connectivity index (χ1n) is 4.92. The molecule has 1 fully saturated rings. The van der Waals surface area contributed by atoms with Crippen molar-refractivity contribution in [3.05, 3.63) is 0 Å². The Balaban J connectivity index is 2.58. The van der Waals surface area contributed by atoms with E-state index in [0.717, 1.165) is 12.8 Å². The standard InChI is InChI=1S/C10H19NO2/c1-10(2,11)8(6-9(12)13)7-4-3-5-7/h7-8H,3-6,11H2,1-2H3,(H,12,13). The van der Waals surface area contributed by atoms with Gasteiger partial charge in [-0.25, -0.2) is 0 Å². The third kappa shape index (κ3) is 2.69. The van der Waals surface area contributed by atoms with Crippen LogP contribution in [0.2, 0.25) is 0 Å². The van der Waals surface area contributed by atoms with E-state index in [0.29, 0.717) is 5.92 Å². The van der Waals surface area contributed by atoms with Crippen molar-refractivity contribution in [2.75, 3.05) is 0 Å². The Labute approximate surface area is 79.3 Å². The van der Waals surface area contributed by atoms with Crippen LogP contribution in [0, 0.1) is 11.8 Å². The summed E-state index contributed by atoms with van der Waals surface area (Å²) in [6, 6.07) is 0.